The van der Waals surface area contributed by atoms with Gasteiger partial charge in [-0.15, -0.1) is 0 Å². The molecule has 0 aliphatic carbocycles. The predicted octanol–water partition coefficient (Wildman–Crippen LogP) is 1.21. The third kappa shape index (κ3) is 3.99. The van der Waals surface area contributed by atoms with E-state index >= 15 is 0 Å². The van der Waals surface area contributed by atoms with Crippen molar-refractivity contribution in [1.29, 1.82) is 0 Å². The highest BCUT2D eigenvalue weighted by Crippen LogP contribution is 2.23. The standard InChI is InChI=1S/C25H28N6O3/c1-28-22-21(23(33)29(2)25(28)34)31(15-18-6-4-3-5-7-18)24(27-22)30-13-12-26-19(16-30)14-17-8-10-20(32)11-9-17/h3-11,19,26,32H,12-16H2,1-2H3/t19-/m1/s1. The molecule has 2 aromatic heterocycles. The summed E-state index contributed by atoms with van der Waals surface area (Å²) < 4.78 is 4.52. The zero-order valence-corrected chi connectivity index (χ0v) is 19.3. The third-order valence-corrected chi connectivity index (χ3v) is 6.47. The van der Waals surface area contributed by atoms with Gasteiger partial charge in [0.2, 0.25) is 5.95 Å². The van der Waals surface area contributed by atoms with Crippen molar-refractivity contribution in [3.63, 3.8) is 0 Å². The minimum Gasteiger partial charge on any atom is -0.508 e. The van der Waals surface area contributed by atoms with Crippen LogP contribution in [0.1, 0.15) is 11.1 Å². The lowest BCUT2D eigenvalue weighted by molar-refractivity contribution is 0.446. The highest BCUT2D eigenvalue weighted by molar-refractivity contribution is 5.75. The lowest BCUT2D eigenvalue weighted by Gasteiger charge is -2.34. The molecule has 0 spiro atoms. The molecule has 4 aromatic rings. The summed E-state index contributed by atoms with van der Waals surface area (Å²) in [6.45, 7) is 2.69. The van der Waals surface area contributed by atoms with Gasteiger partial charge in [-0.1, -0.05) is 42.5 Å². The fourth-order valence-corrected chi connectivity index (χ4v) is 4.65. The summed E-state index contributed by atoms with van der Waals surface area (Å²) in [6, 6.07) is 17.4. The minimum absolute atomic E-state index is 0.176. The predicted molar refractivity (Wildman–Crippen MR) is 132 cm³/mol. The molecule has 3 heterocycles. The number of aromatic hydroxyl groups is 1. The number of phenols is 1. The molecule has 34 heavy (non-hydrogen) atoms. The number of rotatable bonds is 5. The number of nitrogens with one attached hydrogen (secondary N) is 1. The molecule has 9 nitrogen and oxygen atoms in total. The molecule has 0 unspecified atom stereocenters. The van der Waals surface area contributed by atoms with Crippen LogP contribution in [0.4, 0.5) is 5.95 Å². The molecule has 1 aliphatic heterocycles. The first kappa shape index (κ1) is 22.0. The van der Waals surface area contributed by atoms with E-state index in [2.05, 4.69) is 10.2 Å². The smallest absolute Gasteiger partial charge is 0.332 e. The fourth-order valence-electron chi connectivity index (χ4n) is 4.65. The summed E-state index contributed by atoms with van der Waals surface area (Å²) in [5.74, 6) is 0.943. The summed E-state index contributed by atoms with van der Waals surface area (Å²) in [5.41, 5.74) is 2.27. The van der Waals surface area contributed by atoms with Gasteiger partial charge in [-0.05, 0) is 29.7 Å². The number of imidazole rings is 1. The van der Waals surface area contributed by atoms with Crippen LogP contribution in [0.2, 0.25) is 0 Å². The molecular formula is C25H28N6O3. The average Bonchev–Trinajstić information content (AvgIpc) is 3.23. The quantitative estimate of drug-likeness (QED) is 0.465. The first-order valence-electron chi connectivity index (χ1n) is 11.4. The second-order valence-corrected chi connectivity index (χ2v) is 8.83. The zero-order chi connectivity index (χ0) is 23.8. The molecule has 5 rings (SSSR count). The van der Waals surface area contributed by atoms with Crippen molar-refractivity contribution in [3.8, 4) is 5.75 Å². The Morgan fingerprint density at radius 3 is 2.47 bits per heavy atom. The van der Waals surface area contributed by atoms with Gasteiger partial charge in [0, 0.05) is 39.8 Å². The average molecular weight is 461 g/mol. The van der Waals surface area contributed by atoms with Crippen LogP contribution in [0.3, 0.4) is 0 Å². The summed E-state index contributed by atoms with van der Waals surface area (Å²) in [5, 5.41) is 13.1. The van der Waals surface area contributed by atoms with Crippen LogP contribution in [-0.4, -0.2) is 49.5 Å². The fraction of sp³-hybridized carbons (Fsp3) is 0.320. The lowest BCUT2D eigenvalue weighted by atomic mass is 10.0. The van der Waals surface area contributed by atoms with Crippen LogP contribution >= 0.6 is 0 Å². The van der Waals surface area contributed by atoms with Gasteiger partial charge in [-0.25, -0.2) is 4.79 Å². The molecule has 0 bridgehead atoms. The Morgan fingerprint density at radius 2 is 1.74 bits per heavy atom. The van der Waals surface area contributed by atoms with E-state index in [9.17, 15) is 14.7 Å². The van der Waals surface area contributed by atoms with Gasteiger partial charge in [-0.3, -0.25) is 18.5 Å². The molecule has 9 heteroatoms. The van der Waals surface area contributed by atoms with Crippen molar-refractivity contribution in [1.82, 2.24) is 24.0 Å². The number of phenolic OH excluding ortho intramolecular Hbond substituents is 1. The summed E-state index contributed by atoms with van der Waals surface area (Å²) in [6.07, 6.45) is 0.802. The number of aromatic nitrogens is 4. The molecule has 1 atom stereocenters. The van der Waals surface area contributed by atoms with Crippen LogP contribution in [0.25, 0.3) is 11.2 Å². The van der Waals surface area contributed by atoms with Crippen molar-refractivity contribution in [2.24, 2.45) is 14.1 Å². The number of fused-ring (bicyclic) bond motifs is 1. The van der Waals surface area contributed by atoms with Gasteiger partial charge in [0.25, 0.3) is 5.56 Å². The van der Waals surface area contributed by atoms with Gasteiger partial charge in [0.05, 0.1) is 6.54 Å². The molecule has 0 amide bonds. The first-order chi connectivity index (χ1) is 16.4. The number of piperazine rings is 1. The van der Waals surface area contributed by atoms with Gasteiger partial charge < -0.3 is 15.3 Å². The largest absolute Gasteiger partial charge is 0.508 e. The number of nitrogens with zero attached hydrogens (tertiary/aromatic N) is 5. The second kappa shape index (κ2) is 8.83. The molecule has 2 N–H and O–H groups in total. The van der Waals surface area contributed by atoms with Crippen LogP contribution in [0, 0.1) is 0 Å². The number of hydrogen-bond donors (Lipinski definition) is 2. The molecule has 1 fully saturated rings. The number of aryl methyl sites for hydroxylation is 1. The number of benzene rings is 2. The monoisotopic (exact) mass is 460 g/mol. The Kier molecular flexibility index (Phi) is 5.70. The van der Waals surface area contributed by atoms with E-state index in [0.717, 1.165) is 35.2 Å². The molecule has 176 valence electrons. The minimum atomic E-state index is -0.390. The Morgan fingerprint density at radius 1 is 1.00 bits per heavy atom. The molecule has 1 saturated heterocycles. The van der Waals surface area contributed by atoms with E-state index < -0.39 is 0 Å². The van der Waals surface area contributed by atoms with E-state index in [1.54, 1.807) is 19.2 Å². The normalized spacial score (nSPS) is 16.3. The maximum absolute atomic E-state index is 13.2. The topological polar surface area (TPSA) is 97.3 Å². The molecule has 0 radical (unpaired) electrons. The molecular weight excluding hydrogens is 432 g/mol. The highest BCUT2D eigenvalue weighted by atomic mass is 16.3. The molecule has 2 aromatic carbocycles. The van der Waals surface area contributed by atoms with Crippen LogP contribution in [0.5, 0.6) is 5.75 Å². The zero-order valence-electron chi connectivity index (χ0n) is 19.3. The Balaban J connectivity index is 1.56. The number of anilines is 1. The summed E-state index contributed by atoms with van der Waals surface area (Å²) >= 11 is 0. The van der Waals surface area contributed by atoms with Crippen molar-refractivity contribution in [2.75, 3.05) is 24.5 Å². The summed E-state index contributed by atoms with van der Waals surface area (Å²) in [7, 11) is 3.15. The molecule has 0 saturated carbocycles. The van der Waals surface area contributed by atoms with Crippen molar-refractivity contribution >= 4 is 17.1 Å². The van der Waals surface area contributed by atoms with E-state index in [1.165, 1.54) is 11.6 Å². The van der Waals surface area contributed by atoms with Crippen LogP contribution < -0.4 is 21.5 Å². The maximum Gasteiger partial charge on any atom is 0.332 e. The third-order valence-electron chi connectivity index (χ3n) is 6.47. The molecule has 1 aliphatic rings. The van der Waals surface area contributed by atoms with Crippen molar-refractivity contribution in [3.05, 3.63) is 86.6 Å². The lowest BCUT2D eigenvalue weighted by Crippen LogP contribution is -2.52. The Bertz CT molecular complexity index is 1440. The van der Waals surface area contributed by atoms with E-state index in [0.29, 0.717) is 30.2 Å². The van der Waals surface area contributed by atoms with Crippen LogP contribution in [0.15, 0.2) is 64.2 Å². The van der Waals surface area contributed by atoms with Crippen LogP contribution in [-0.2, 0) is 27.1 Å². The Hall–Kier alpha value is -3.85. The number of hydrogen-bond acceptors (Lipinski definition) is 6. The second-order valence-electron chi connectivity index (χ2n) is 8.83. The summed E-state index contributed by atoms with van der Waals surface area (Å²) in [4.78, 5) is 32.8. The van der Waals surface area contributed by atoms with Crippen molar-refractivity contribution in [2.45, 2.75) is 19.0 Å². The van der Waals surface area contributed by atoms with Gasteiger partial charge in [0.15, 0.2) is 11.2 Å². The first-order valence-corrected chi connectivity index (χ1v) is 11.4. The maximum atomic E-state index is 13.2. The van der Waals surface area contributed by atoms with Gasteiger partial charge in [-0.2, -0.15) is 4.98 Å². The Labute approximate surface area is 196 Å². The van der Waals surface area contributed by atoms with Gasteiger partial charge in [0.1, 0.15) is 5.75 Å². The van der Waals surface area contributed by atoms with E-state index in [-0.39, 0.29) is 23.0 Å². The highest BCUT2D eigenvalue weighted by Gasteiger charge is 2.27. The SMILES string of the molecule is Cn1c(=O)c2c(nc(N3CCN[C@H](Cc4ccc(O)cc4)C3)n2Cc2ccccc2)n(C)c1=O. The van der Waals surface area contributed by atoms with E-state index in [1.807, 2.05) is 47.0 Å². The van der Waals surface area contributed by atoms with Crippen molar-refractivity contribution < 1.29 is 5.11 Å². The van der Waals surface area contributed by atoms with E-state index in [4.69, 9.17) is 4.98 Å². The van der Waals surface area contributed by atoms with Gasteiger partial charge >= 0.3 is 5.69 Å².